The van der Waals surface area contributed by atoms with Crippen molar-refractivity contribution in [3.63, 3.8) is 0 Å². The zero-order valence-electron chi connectivity index (χ0n) is 15.2. The van der Waals surface area contributed by atoms with Gasteiger partial charge >= 0.3 is 5.97 Å². The number of hydrogen-bond acceptors (Lipinski definition) is 4. The smallest absolute Gasteiger partial charge is 0.303 e. The highest BCUT2D eigenvalue weighted by atomic mass is 16.5. The van der Waals surface area contributed by atoms with Crippen LogP contribution in [0.15, 0.2) is 53.5 Å². The SMILES string of the molecule is C/C=C1/O/C(=C\c2ccc(OCCCCCC(=O)O)cc2)C(=O)/C1=C/C. The van der Waals surface area contributed by atoms with Crippen LogP contribution in [0.2, 0.25) is 0 Å². The Morgan fingerprint density at radius 3 is 2.38 bits per heavy atom. The van der Waals surface area contributed by atoms with Crippen LogP contribution in [0.5, 0.6) is 5.75 Å². The van der Waals surface area contributed by atoms with Crippen molar-refractivity contribution >= 4 is 17.8 Å². The highest BCUT2D eigenvalue weighted by Crippen LogP contribution is 2.30. The van der Waals surface area contributed by atoms with E-state index >= 15 is 0 Å². The number of ketones is 1. The monoisotopic (exact) mass is 356 g/mol. The van der Waals surface area contributed by atoms with Crippen molar-refractivity contribution in [2.75, 3.05) is 6.61 Å². The van der Waals surface area contributed by atoms with Crippen molar-refractivity contribution in [3.8, 4) is 5.75 Å². The van der Waals surface area contributed by atoms with Crippen LogP contribution in [0.3, 0.4) is 0 Å². The van der Waals surface area contributed by atoms with Gasteiger partial charge in [0.15, 0.2) is 5.76 Å². The first-order valence-electron chi connectivity index (χ1n) is 8.77. The number of rotatable bonds is 8. The Kier molecular flexibility index (Phi) is 7.21. The number of carbonyl (C=O) groups is 2. The summed E-state index contributed by atoms with van der Waals surface area (Å²) in [5, 5.41) is 8.58. The molecule has 0 saturated carbocycles. The standard InChI is InChI=1S/C21H24O5/c1-3-17-18(4-2)26-19(21(17)24)14-15-9-11-16(12-10-15)25-13-7-5-6-8-20(22)23/h3-4,9-12,14H,5-8,13H2,1-2H3,(H,22,23)/b17-3+,18-4+,19-14-. The van der Waals surface area contributed by atoms with E-state index < -0.39 is 5.97 Å². The summed E-state index contributed by atoms with van der Waals surface area (Å²) >= 11 is 0. The fraction of sp³-hybridized carbons (Fsp3) is 0.333. The van der Waals surface area contributed by atoms with Gasteiger partial charge in [0.1, 0.15) is 11.5 Å². The van der Waals surface area contributed by atoms with Crippen molar-refractivity contribution in [1.29, 1.82) is 0 Å². The molecule has 0 unspecified atom stereocenters. The number of aliphatic carboxylic acids is 1. The number of allylic oxidation sites excluding steroid dienone is 4. The number of carboxylic acids is 1. The van der Waals surface area contributed by atoms with Gasteiger partial charge in [-0.15, -0.1) is 0 Å². The second kappa shape index (κ2) is 9.61. The summed E-state index contributed by atoms with van der Waals surface area (Å²) in [5.41, 5.74) is 1.44. The van der Waals surface area contributed by atoms with Gasteiger partial charge in [-0.25, -0.2) is 0 Å². The molecule has 26 heavy (non-hydrogen) atoms. The van der Waals surface area contributed by atoms with E-state index in [2.05, 4.69) is 0 Å². The summed E-state index contributed by atoms with van der Waals surface area (Å²) in [6.07, 6.45) is 7.78. The third-order valence-electron chi connectivity index (χ3n) is 3.99. The fourth-order valence-corrected chi connectivity index (χ4v) is 2.60. The lowest BCUT2D eigenvalue weighted by Crippen LogP contribution is -1.99. The minimum Gasteiger partial charge on any atom is -0.494 e. The van der Waals surface area contributed by atoms with Crippen molar-refractivity contribution in [2.45, 2.75) is 39.5 Å². The maximum Gasteiger partial charge on any atom is 0.303 e. The van der Waals surface area contributed by atoms with E-state index in [4.69, 9.17) is 14.6 Å². The topological polar surface area (TPSA) is 72.8 Å². The van der Waals surface area contributed by atoms with Crippen LogP contribution in [0.1, 0.15) is 45.1 Å². The molecule has 138 valence electrons. The molecule has 1 heterocycles. The third-order valence-corrected chi connectivity index (χ3v) is 3.99. The van der Waals surface area contributed by atoms with Gasteiger partial charge in [-0.2, -0.15) is 0 Å². The zero-order chi connectivity index (χ0) is 18.9. The zero-order valence-corrected chi connectivity index (χ0v) is 15.2. The second-order valence-electron chi connectivity index (χ2n) is 5.92. The minimum atomic E-state index is -0.761. The molecule has 1 aromatic rings. The molecule has 1 saturated heterocycles. The van der Waals surface area contributed by atoms with Crippen molar-refractivity contribution in [3.05, 3.63) is 59.1 Å². The lowest BCUT2D eigenvalue weighted by molar-refractivity contribution is -0.137. The van der Waals surface area contributed by atoms with E-state index in [1.54, 1.807) is 18.2 Å². The molecule has 0 aliphatic carbocycles. The van der Waals surface area contributed by atoms with Gasteiger partial charge in [-0.3, -0.25) is 9.59 Å². The number of carbonyl (C=O) groups excluding carboxylic acids is 1. The summed E-state index contributed by atoms with van der Waals surface area (Å²) in [6, 6.07) is 7.42. The van der Waals surface area contributed by atoms with Crippen LogP contribution in [0, 0.1) is 0 Å². The number of unbranched alkanes of at least 4 members (excludes halogenated alkanes) is 2. The average molecular weight is 356 g/mol. The molecule has 1 aromatic carbocycles. The first-order valence-corrected chi connectivity index (χ1v) is 8.77. The number of carboxylic acid groups (broad SMARTS) is 1. The van der Waals surface area contributed by atoms with Gasteiger partial charge in [0, 0.05) is 6.42 Å². The average Bonchev–Trinajstić information content (AvgIpc) is 2.94. The fourth-order valence-electron chi connectivity index (χ4n) is 2.60. The van der Waals surface area contributed by atoms with Crippen LogP contribution in [-0.4, -0.2) is 23.5 Å². The number of hydrogen-bond donors (Lipinski definition) is 1. The molecule has 5 nitrogen and oxygen atoms in total. The van der Waals surface area contributed by atoms with E-state index in [0.29, 0.717) is 30.1 Å². The van der Waals surface area contributed by atoms with Gasteiger partial charge in [0.2, 0.25) is 5.78 Å². The van der Waals surface area contributed by atoms with Crippen molar-refractivity contribution in [1.82, 2.24) is 0 Å². The van der Waals surface area contributed by atoms with Gasteiger partial charge in [-0.1, -0.05) is 18.2 Å². The Labute approximate surface area is 153 Å². The van der Waals surface area contributed by atoms with Gasteiger partial charge in [-0.05, 0) is 63.0 Å². The lowest BCUT2D eigenvalue weighted by atomic mass is 10.1. The highest BCUT2D eigenvalue weighted by Gasteiger charge is 2.29. The number of ether oxygens (including phenoxy) is 2. The third kappa shape index (κ3) is 5.34. The molecule has 0 aromatic heterocycles. The Morgan fingerprint density at radius 1 is 1.08 bits per heavy atom. The molecular weight excluding hydrogens is 332 g/mol. The Bertz CT molecular complexity index is 738. The predicted molar refractivity (Wildman–Crippen MR) is 99.6 cm³/mol. The van der Waals surface area contributed by atoms with Crippen LogP contribution < -0.4 is 4.74 Å². The first-order chi connectivity index (χ1) is 12.5. The van der Waals surface area contributed by atoms with Crippen molar-refractivity contribution < 1.29 is 24.2 Å². The number of Topliss-reactive ketones (excluding diaryl/α,β-unsaturated/α-hetero) is 1. The second-order valence-corrected chi connectivity index (χ2v) is 5.92. The normalized spacial score (nSPS) is 18.5. The molecule has 1 aliphatic heterocycles. The van der Waals surface area contributed by atoms with E-state index in [1.165, 1.54) is 0 Å². The van der Waals surface area contributed by atoms with Crippen LogP contribution in [0.4, 0.5) is 0 Å². The molecule has 0 atom stereocenters. The van der Waals surface area contributed by atoms with E-state index in [9.17, 15) is 9.59 Å². The molecule has 1 aliphatic rings. The van der Waals surface area contributed by atoms with E-state index in [0.717, 1.165) is 24.2 Å². The minimum absolute atomic E-state index is 0.109. The Balaban J connectivity index is 1.88. The Morgan fingerprint density at radius 2 is 1.81 bits per heavy atom. The molecule has 0 bridgehead atoms. The van der Waals surface area contributed by atoms with Gasteiger partial charge in [0.25, 0.3) is 0 Å². The molecule has 0 amide bonds. The maximum atomic E-state index is 12.3. The predicted octanol–water partition coefficient (Wildman–Crippen LogP) is 4.50. The molecular formula is C21H24O5. The Hall–Kier alpha value is -2.82. The molecule has 1 N–H and O–H groups in total. The van der Waals surface area contributed by atoms with Crippen LogP contribution >= 0.6 is 0 Å². The van der Waals surface area contributed by atoms with E-state index in [-0.39, 0.29) is 12.2 Å². The summed E-state index contributed by atoms with van der Waals surface area (Å²) in [6.45, 7) is 4.21. The summed E-state index contributed by atoms with van der Waals surface area (Å²) < 4.78 is 11.3. The quantitative estimate of drug-likeness (QED) is 0.548. The first kappa shape index (κ1) is 19.5. The van der Waals surface area contributed by atoms with Crippen LogP contribution in [0.25, 0.3) is 6.08 Å². The maximum absolute atomic E-state index is 12.3. The van der Waals surface area contributed by atoms with Gasteiger partial charge < -0.3 is 14.6 Å². The van der Waals surface area contributed by atoms with Gasteiger partial charge in [0.05, 0.1) is 12.2 Å². The van der Waals surface area contributed by atoms with E-state index in [1.807, 2.05) is 38.1 Å². The summed E-state index contributed by atoms with van der Waals surface area (Å²) in [7, 11) is 0. The number of benzene rings is 1. The molecule has 0 radical (unpaired) electrons. The lowest BCUT2D eigenvalue weighted by Gasteiger charge is -2.06. The molecule has 1 fully saturated rings. The van der Waals surface area contributed by atoms with Crippen molar-refractivity contribution in [2.24, 2.45) is 0 Å². The summed E-state index contributed by atoms with van der Waals surface area (Å²) in [5.74, 6) is 0.781. The highest BCUT2D eigenvalue weighted by molar-refractivity contribution is 6.14. The largest absolute Gasteiger partial charge is 0.494 e. The van der Waals surface area contributed by atoms with Crippen LogP contribution in [-0.2, 0) is 14.3 Å². The molecule has 5 heteroatoms. The molecule has 2 rings (SSSR count). The molecule has 0 spiro atoms. The summed E-state index contributed by atoms with van der Waals surface area (Å²) in [4.78, 5) is 22.7.